The van der Waals surface area contributed by atoms with Gasteiger partial charge < -0.3 is 13.6 Å². The Kier molecular flexibility index (Phi) is 6.51. The molecule has 0 fully saturated rings. The van der Waals surface area contributed by atoms with E-state index >= 15 is 0 Å². The van der Waals surface area contributed by atoms with E-state index in [4.69, 9.17) is 13.6 Å². The van der Waals surface area contributed by atoms with Crippen molar-refractivity contribution in [3.8, 4) is 17.1 Å². The van der Waals surface area contributed by atoms with E-state index in [-0.39, 0.29) is 11.2 Å². The van der Waals surface area contributed by atoms with Crippen LogP contribution < -0.4 is 10.2 Å². The van der Waals surface area contributed by atoms with Crippen LogP contribution in [0.15, 0.2) is 96.1 Å². The Labute approximate surface area is 202 Å². The molecule has 166 valence electrons. The predicted molar refractivity (Wildman–Crippen MR) is 135 cm³/mol. The maximum Gasteiger partial charge on any atom is 0.256 e. The van der Waals surface area contributed by atoms with Gasteiger partial charge in [0.25, 0.3) is 5.22 Å². The molecule has 0 bridgehead atoms. The molecule has 0 N–H and O–H groups in total. The van der Waals surface area contributed by atoms with Crippen LogP contribution >= 0.6 is 27.7 Å². The number of benzene rings is 3. The highest BCUT2D eigenvalue weighted by Crippen LogP contribution is 2.32. The third-order valence-corrected chi connectivity index (χ3v) is 6.59. The van der Waals surface area contributed by atoms with Gasteiger partial charge in [-0.1, -0.05) is 52.0 Å². The lowest BCUT2D eigenvalue weighted by Gasteiger charge is -2.11. The second-order valence-corrected chi connectivity index (χ2v) is 9.41. The van der Waals surface area contributed by atoms with E-state index in [0.29, 0.717) is 28.6 Å². The first-order valence-electron chi connectivity index (χ1n) is 10.6. The van der Waals surface area contributed by atoms with E-state index in [1.54, 1.807) is 23.9 Å². The molecular formula is C26H20BrNO4S. The molecule has 0 unspecified atom stereocenters. The zero-order chi connectivity index (χ0) is 22.6. The quantitative estimate of drug-likeness (QED) is 0.157. The minimum atomic E-state index is -0.157. The molecule has 5 nitrogen and oxygen atoms in total. The first kappa shape index (κ1) is 21.8. The van der Waals surface area contributed by atoms with Crippen molar-refractivity contribution in [2.24, 2.45) is 0 Å². The number of fused-ring (bicyclic) bond motifs is 2. The number of para-hydroxylation sites is 3. The van der Waals surface area contributed by atoms with Crippen LogP contribution in [-0.2, 0) is 0 Å². The molecule has 0 aliphatic heterocycles. The van der Waals surface area contributed by atoms with Crippen LogP contribution in [0.4, 0.5) is 0 Å². The molecule has 0 saturated heterocycles. The lowest BCUT2D eigenvalue weighted by molar-refractivity contribution is 0.302. The normalized spacial score (nSPS) is 11.3. The Morgan fingerprint density at radius 2 is 1.64 bits per heavy atom. The molecule has 2 aromatic heterocycles. The number of halogens is 1. The van der Waals surface area contributed by atoms with Crippen LogP contribution in [0, 0.1) is 0 Å². The summed E-state index contributed by atoms with van der Waals surface area (Å²) in [4.78, 5) is 17.6. The summed E-state index contributed by atoms with van der Waals surface area (Å²) in [6.45, 7) is 0.417. The van der Waals surface area contributed by atoms with E-state index < -0.39 is 0 Å². The van der Waals surface area contributed by atoms with Gasteiger partial charge in [0.05, 0.1) is 12.0 Å². The summed E-state index contributed by atoms with van der Waals surface area (Å²) in [6.07, 6.45) is 1.69. The van der Waals surface area contributed by atoms with Crippen molar-refractivity contribution in [2.45, 2.75) is 18.1 Å². The fourth-order valence-corrected chi connectivity index (χ4v) is 4.60. The van der Waals surface area contributed by atoms with Gasteiger partial charge in [-0.2, -0.15) is 0 Å². The largest absolute Gasteiger partial charge is 0.486 e. The molecule has 7 heteroatoms. The highest BCUT2D eigenvalue weighted by Gasteiger charge is 2.17. The lowest BCUT2D eigenvalue weighted by Crippen LogP contribution is -2.11. The number of rotatable bonds is 8. The van der Waals surface area contributed by atoms with E-state index in [1.165, 1.54) is 0 Å². The summed E-state index contributed by atoms with van der Waals surface area (Å²) >= 11 is 5.03. The minimum absolute atomic E-state index is 0.157. The molecule has 5 aromatic rings. The van der Waals surface area contributed by atoms with E-state index in [2.05, 4.69) is 20.9 Å². The number of hydrogen-bond donors (Lipinski definition) is 0. The Bertz CT molecular complexity index is 1430. The van der Waals surface area contributed by atoms with Crippen molar-refractivity contribution >= 4 is 49.8 Å². The van der Waals surface area contributed by atoms with Gasteiger partial charge in [0.15, 0.2) is 11.3 Å². The highest BCUT2D eigenvalue weighted by molar-refractivity contribution is 9.10. The Morgan fingerprint density at radius 3 is 2.45 bits per heavy atom. The molecule has 0 aliphatic rings. The molecule has 5 rings (SSSR count). The molecular weight excluding hydrogens is 502 g/mol. The first-order valence-corrected chi connectivity index (χ1v) is 12.4. The number of aromatic nitrogens is 1. The van der Waals surface area contributed by atoms with Gasteiger partial charge >= 0.3 is 0 Å². The van der Waals surface area contributed by atoms with Gasteiger partial charge in [0.2, 0.25) is 11.2 Å². The van der Waals surface area contributed by atoms with Crippen molar-refractivity contribution in [1.82, 2.24) is 4.98 Å². The van der Waals surface area contributed by atoms with Crippen molar-refractivity contribution in [1.29, 1.82) is 0 Å². The van der Waals surface area contributed by atoms with Crippen LogP contribution in [0.5, 0.6) is 5.75 Å². The number of nitrogens with zero attached hydrogens (tertiary/aromatic N) is 1. The molecule has 0 atom stereocenters. The second kappa shape index (κ2) is 9.85. The Hall–Kier alpha value is -3.03. The van der Waals surface area contributed by atoms with Gasteiger partial charge in [-0.15, -0.1) is 0 Å². The molecule has 0 amide bonds. The maximum absolute atomic E-state index is 13.2. The van der Waals surface area contributed by atoms with Gasteiger partial charge in [-0.25, -0.2) is 4.98 Å². The van der Waals surface area contributed by atoms with Crippen LogP contribution in [-0.4, -0.2) is 17.3 Å². The van der Waals surface area contributed by atoms with Crippen LogP contribution in [0.2, 0.25) is 0 Å². The Morgan fingerprint density at radius 1 is 0.879 bits per heavy atom. The number of ether oxygens (including phenoxy) is 1. The Balaban J connectivity index is 1.26. The third-order valence-electron chi connectivity index (χ3n) is 5.15. The van der Waals surface area contributed by atoms with E-state index in [0.717, 1.165) is 39.7 Å². The maximum atomic E-state index is 13.2. The second-order valence-electron chi connectivity index (χ2n) is 7.44. The predicted octanol–water partition coefficient (Wildman–Crippen LogP) is 7.32. The summed E-state index contributed by atoms with van der Waals surface area (Å²) in [6, 6.07) is 22.6. The van der Waals surface area contributed by atoms with Crippen LogP contribution in [0.1, 0.15) is 12.8 Å². The average Bonchev–Trinajstić information content (AvgIpc) is 3.26. The molecule has 33 heavy (non-hydrogen) atoms. The molecule has 3 aromatic carbocycles. The molecule has 2 heterocycles. The summed E-state index contributed by atoms with van der Waals surface area (Å²) in [7, 11) is 0. The fraction of sp³-hybridized carbons (Fsp3) is 0.154. The van der Waals surface area contributed by atoms with Gasteiger partial charge in [0, 0.05) is 15.8 Å². The molecule has 0 saturated carbocycles. The highest BCUT2D eigenvalue weighted by atomic mass is 79.9. The lowest BCUT2D eigenvalue weighted by atomic mass is 10.1. The number of thioether (sulfide) groups is 1. The summed E-state index contributed by atoms with van der Waals surface area (Å²) in [5.41, 5.74) is 2.85. The van der Waals surface area contributed by atoms with Crippen LogP contribution in [0.25, 0.3) is 33.4 Å². The number of hydrogen-bond acceptors (Lipinski definition) is 6. The average molecular weight is 522 g/mol. The van der Waals surface area contributed by atoms with Gasteiger partial charge in [-0.3, -0.25) is 4.79 Å². The van der Waals surface area contributed by atoms with Crippen molar-refractivity contribution < 1.29 is 13.6 Å². The standard InChI is InChI=1S/C26H20BrNO4S/c27-18-13-11-17(12-14-18)24-25(23(29)19-7-1-3-9-21(19)31-24)30-15-5-6-16-33-26-28-20-8-2-4-10-22(20)32-26/h1-4,7-14H,5-6,15-16H2. The van der Waals surface area contributed by atoms with Crippen molar-refractivity contribution in [3.05, 3.63) is 87.5 Å². The summed E-state index contributed by atoms with van der Waals surface area (Å²) in [5, 5.41) is 1.18. The topological polar surface area (TPSA) is 65.5 Å². The van der Waals surface area contributed by atoms with E-state index in [1.807, 2.05) is 60.7 Å². The molecule has 0 radical (unpaired) electrons. The molecule has 0 aliphatic carbocycles. The number of oxazole rings is 1. The van der Waals surface area contributed by atoms with E-state index in [9.17, 15) is 4.79 Å². The summed E-state index contributed by atoms with van der Waals surface area (Å²) in [5.74, 6) is 1.55. The number of unbranched alkanes of at least 4 members (excludes halogenated alkanes) is 1. The fourth-order valence-electron chi connectivity index (χ4n) is 3.50. The molecule has 0 spiro atoms. The van der Waals surface area contributed by atoms with Crippen molar-refractivity contribution in [3.63, 3.8) is 0 Å². The zero-order valence-corrected chi connectivity index (χ0v) is 20.0. The summed E-state index contributed by atoms with van der Waals surface area (Å²) < 4.78 is 18.8. The first-order chi connectivity index (χ1) is 16.2. The SMILES string of the molecule is O=c1c(OCCCCSc2nc3ccccc3o2)c(-c2ccc(Br)cc2)oc2ccccc12. The monoisotopic (exact) mass is 521 g/mol. The smallest absolute Gasteiger partial charge is 0.256 e. The minimum Gasteiger partial charge on any atom is -0.486 e. The third kappa shape index (κ3) is 4.84. The zero-order valence-electron chi connectivity index (χ0n) is 17.6. The van der Waals surface area contributed by atoms with Crippen LogP contribution in [0.3, 0.4) is 0 Å². The van der Waals surface area contributed by atoms with Gasteiger partial charge in [-0.05, 0) is 61.4 Å². The van der Waals surface area contributed by atoms with Gasteiger partial charge in [0.1, 0.15) is 11.1 Å². The van der Waals surface area contributed by atoms with Crippen molar-refractivity contribution in [2.75, 3.05) is 12.4 Å².